The first-order chi connectivity index (χ1) is 17.8. The summed E-state index contributed by atoms with van der Waals surface area (Å²) in [5.41, 5.74) is 5.11. The summed E-state index contributed by atoms with van der Waals surface area (Å²) in [5.74, 6) is 8.66. The van der Waals surface area contributed by atoms with Gasteiger partial charge in [-0.1, -0.05) is 119 Å². The van der Waals surface area contributed by atoms with E-state index in [-0.39, 0.29) is 0 Å². The lowest BCUT2D eigenvalue weighted by molar-refractivity contribution is 0.248. The molecular weight excluding hydrogens is 432 g/mol. The van der Waals surface area contributed by atoms with E-state index in [0.717, 1.165) is 29.4 Å². The van der Waals surface area contributed by atoms with Crippen molar-refractivity contribution in [3.8, 4) is 11.8 Å². The number of hydrogen-bond donors (Lipinski definition) is 0. The Labute approximate surface area is 223 Å². The van der Waals surface area contributed by atoms with Crippen LogP contribution in [0.1, 0.15) is 126 Å². The lowest BCUT2D eigenvalue weighted by Crippen LogP contribution is -2.15. The molecule has 0 heterocycles. The second-order valence-electron chi connectivity index (χ2n) is 11.1. The summed E-state index contributed by atoms with van der Waals surface area (Å²) in [5, 5.41) is 0. The molecule has 1 aliphatic carbocycles. The van der Waals surface area contributed by atoms with Crippen molar-refractivity contribution in [2.45, 2.75) is 117 Å². The van der Waals surface area contributed by atoms with Crippen molar-refractivity contribution in [3.05, 3.63) is 82.9 Å². The van der Waals surface area contributed by atoms with Gasteiger partial charge in [-0.3, -0.25) is 0 Å². The summed E-state index contributed by atoms with van der Waals surface area (Å²) in [6, 6.07) is 17.8. The molecule has 0 bridgehead atoms. The van der Waals surface area contributed by atoms with Gasteiger partial charge in [0.15, 0.2) is 0 Å². The van der Waals surface area contributed by atoms with Gasteiger partial charge in [0.1, 0.15) is 0 Å². The minimum Gasteiger partial charge on any atom is -0.0917 e. The van der Waals surface area contributed by atoms with Gasteiger partial charge in [-0.2, -0.15) is 0 Å². The van der Waals surface area contributed by atoms with Gasteiger partial charge in [0.05, 0.1) is 0 Å². The molecule has 1 saturated carbocycles. The van der Waals surface area contributed by atoms with E-state index in [1.807, 2.05) is 0 Å². The molecule has 0 atom stereocenters. The Morgan fingerprint density at radius 3 is 1.78 bits per heavy atom. The first kappa shape index (κ1) is 28.3. The van der Waals surface area contributed by atoms with E-state index in [9.17, 15) is 0 Å². The van der Waals surface area contributed by atoms with Gasteiger partial charge in [-0.15, -0.1) is 0 Å². The third-order valence-electron chi connectivity index (χ3n) is 8.10. The van der Waals surface area contributed by atoms with Crippen LogP contribution in [0.2, 0.25) is 0 Å². The third-order valence-corrected chi connectivity index (χ3v) is 8.10. The van der Waals surface area contributed by atoms with Crippen molar-refractivity contribution >= 4 is 0 Å². The Kier molecular flexibility index (Phi) is 13.6. The van der Waals surface area contributed by atoms with E-state index in [0.29, 0.717) is 0 Å². The highest BCUT2D eigenvalue weighted by atomic mass is 14.3. The molecule has 0 aromatic heterocycles. The molecule has 0 unspecified atom stereocenters. The monoisotopic (exact) mass is 482 g/mol. The zero-order chi connectivity index (χ0) is 25.3. The lowest BCUT2D eigenvalue weighted by atomic mass is 9.77. The normalized spacial score (nSPS) is 17.7. The number of hydrogen-bond acceptors (Lipinski definition) is 0. The van der Waals surface area contributed by atoms with Crippen LogP contribution >= 0.6 is 0 Å². The van der Waals surface area contributed by atoms with Crippen LogP contribution in [0.25, 0.3) is 0 Å². The average molecular weight is 483 g/mol. The molecule has 0 N–H and O–H groups in total. The zero-order valence-electron chi connectivity index (χ0n) is 23.2. The largest absolute Gasteiger partial charge is 0.0917 e. The lowest BCUT2D eigenvalue weighted by Gasteiger charge is -2.28. The van der Waals surface area contributed by atoms with Crippen LogP contribution in [0.3, 0.4) is 0 Å². The van der Waals surface area contributed by atoms with Gasteiger partial charge in [-0.25, -0.2) is 0 Å². The summed E-state index contributed by atoms with van der Waals surface area (Å²) in [6.07, 6.45) is 26.3. The van der Waals surface area contributed by atoms with Gasteiger partial charge in [0.2, 0.25) is 0 Å². The highest BCUT2D eigenvalue weighted by molar-refractivity contribution is 5.44. The van der Waals surface area contributed by atoms with Gasteiger partial charge in [0, 0.05) is 11.1 Å². The second-order valence-corrected chi connectivity index (χ2v) is 11.1. The van der Waals surface area contributed by atoms with Crippen LogP contribution < -0.4 is 0 Å². The van der Waals surface area contributed by atoms with Crippen LogP contribution in [-0.2, 0) is 12.8 Å². The van der Waals surface area contributed by atoms with Gasteiger partial charge >= 0.3 is 0 Å². The van der Waals surface area contributed by atoms with Crippen LogP contribution in [0, 0.1) is 23.7 Å². The number of unbranched alkanes of at least 4 members (excludes halogenated alkanes) is 6. The maximum atomic E-state index is 3.35. The predicted molar refractivity (Wildman–Crippen MR) is 158 cm³/mol. The highest BCUT2D eigenvalue weighted by Crippen LogP contribution is 2.34. The molecule has 36 heavy (non-hydrogen) atoms. The van der Waals surface area contributed by atoms with Crippen LogP contribution in [-0.4, -0.2) is 0 Å². The number of allylic oxidation sites excluding steroid dienone is 2. The predicted octanol–water partition coefficient (Wildman–Crippen LogP) is 10.5. The second kappa shape index (κ2) is 17.2. The summed E-state index contributed by atoms with van der Waals surface area (Å²) in [7, 11) is 0. The molecule has 0 nitrogen and oxygen atoms in total. The molecule has 0 saturated heterocycles. The summed E-state index contributed by atoms with van der Waals surface area (Å²) < 4.78 is 0. The Morgan fingerprint density at radius 1 is 0.639 bits per heavy atom. The quantitative estimate of drug-likeness (QED) is 0.143. The van der Waals surface area contributed by atoms with E-state index in [4.69, 9.17) is 0 Å². The smallest absolute Gasteiger partial charge is 0.0249 e. The van der Waals surface area contributed by atoms with E-state index in [1.165, 1.54) is 107 Å². The molecule has 0 heteroatoms. The molecule has 1 aliphatic rings. The Balaban J connectivity index is 1.34. The van der Waals surface area contributed by atoms with Crippen LogP contribution in [0.4, 0.5) is 0 Å². The van der Waals surface area contributed by atoms with E-state index >= 15 is 0 Å². The zero-order valence-corrected chi connectivity index (χ0v) is 23.2. The molecule has 194 valence electrons. The van der Waals surface area contributed by atoms with Crippen molar-refractivity contribution in [1.29, 1.82) is 0 Å². The first-order valence-corrected chi connectivity index (χ1v) is 15.1. The van der Waals surface area contributed by atoms with Crippen molar-refractivity contribution in [1.82, 2.24) is 0 Å². The molecule has 0 amide bonds. The molecule has 3 rings (SSSR count). The summed E-state index contributed by atoms with van der Waals surface area (Å²) in [6.45, 7) is 4.40. The van der Waals surface area contributed by atoms with Crippen molar-refractivity contribution in [2.24, 2.45) is 11.8 Å². The van der Waals surface area contributed by atoms with E-state index in [1.54, 1.807) is 0 Å². The Morgan fingerprint density at radius 2 is 1.19 bits per heavy atom. The maximum Gasteiger partial charge on any atom is 0.0249 e. The minimum absolute atomic E-state index is 0.942. The minimum atomic E-state index is 0.942. The van der Waals surface area contributed by atoms with Crippen molar-refractivity contribution in [3.63, 3.8) is 0 Å². The van der Waals surface area contributed by atoms with Crippen LogP contribution in [0.5, 0.6) is 0 Å². The Hall–Kier alpha value is -2.26. The molecule has 2 aromatic carbocycles. The summed E-state index contributed by atoms with van der Waals surface area (Å²) >= 11 is 0. The van der Waals surface area contributed by atoms with Gasteiger partial charge in [0.25, 0.3) is 0 Å². The molecular formula is C36H50. The fourth-order valence-corrected chi connectivity index (χ4v) is 5.63. The topological polar surface area (TPSA) is 0 Å². The van der Waals surface area contributed by atoms with Gasteiger partial charge in [-0.05, 0) is 92.7 Å². The Bertz CT molecular complexity index is 911. The van der Waals surface area contributed by atoms with Crippen molar-refractivity contribution < 1.29 is 0 Å². The molecule has 2 aromatic rings. The van der Waals surface area contributed by atoms with E-state index < -0.39 is 0 Å². The SMILES string of the molecule is C/C=C/CCCCc1ccc(C#Cc2ccc(CCC3CCC(CCCCCCC)CC3)cc2)cc1. The molecule has 0 radical (unpaired) electrons. The standard InChI is InChI=1S/C36H50/c1-3-5-7-9-11-13-31-15-19-33(20-16-31)23-25-35-27-29-36(30-28-35)26-24-34-21-17-32(18-22-34)14-12-10-8-6-4-2/h3,5,15-16,19-20,27-30,32,34H,4,6-14,17-18,21-22,24,26H2,1-2H3/b5-3+. The average Bonchev–Trinajstić information content (AvgIpc) is 2.92. The van der Waals surface area contributed by atoms with E-state index in [2.05, 4.69) is 86.4 Å². The fourth-order valence-electron chi connectivity index (χ4n) is 5.63. The highest BCUT2D eigenvalue weighted by Gasteiger charge is 2.20. The molecule has 1 fully saturated rings. The first-order valence-electron chi connectivity index (χ1n) is 15.1. The van der Waals surface area contributed by atoms with Gasteiger partial charge < -0.3 is 0 Å². The fraction of sp³-hybridized carbons (Fsp3) is 0.556. The van der Waals surface area contributed by atoms with Crippen LogP contribution in [0.15, 0.2) is 60.7 Å². The molecule has 0 aliphatic heterocycles. The number of rotatable bonds is 14. The maximum absolute atomic E-state index is 3.35. The summed E-state index contributed by atoms with van der Waals surface area (Å²) in [4.78, 5) is 0. The van der Waals surface area contributed by atoms with Crippen molar-refractivity contribution in [2.75, 3.05) is 0 Å². The molecule has 0 spiro atoms. The number of aryl methyl sites for hydroxylation is 2. The third kappa shape index (κ3) is 11.2. The number of benzene rings is 2.